The Morgan fingerprint density at radius 1 is 0.649 bits per heavy atom. The Hall–Kier alpha value is -5.68. The average Bonchev–Trinajstić information content (AvgIpc) is 4.00. The third kappa shape index (κ3) is 17.2. The molecule has 1 aromatic heterocycles. The van der Waals surface area contributed by atoms with Gasteiger partial charge in [0.05, 0.1) is 126 Å². The van der Waals surface area contributed by atoms with Crippen molar-refractivity contribution < 1.29 is 61.8 Å². The highest BCUT2D eigenvalue weighted by Crippen LogP contribution is 2.41. The number of ether oxygens (including phenoxy) is 10. The van der Waals surface area contributed by atoms with Gasteiger partial charge in [0.2, 0.25) is 5.91 Å². The van der Waals surface area contributed by atoms with E-state index in [-0.39, 0.29) is 54.4 Å². The summed E-state index contributed by atoms with van der Waals surface area (Å²) in [6.45, 7) is 14.2. The maximum Gasteiger partial charge on any atom is 0.257 e. The van der Waals surface area contributed by atoms with Crippen molar-refractivity contribution in [3.63, 3.8) is 0 Å². The number of carbonyl (C=O) groups is 3. The van der Waals surface area contributed by atoms with Crippen molar-refractivity contribution in [3.05, 3.63) is 82.2 Å². The van der Waals surface area contributed by atoms with Crippen molar-refractivity contribution >= 4 is 63.1 Å². The normalized spacial score (nSPS) is 17.8. The highest BCUT2D eigenvalue weighted by atomic mass is 33.1. The Morgan fingerprint density at radius 3 is 1.55 bits per heavy atom. The number of aromatic nitrogens is 1. The Kier molecular flexibility index (Phi) is 22.9. The molecule has 1 N–H and O–H groups in total. The van der Waals surface area contributed by atoms with Crippen molar-refractivity contribution in [2.45, 2.75) is 83.4 Å². The van der Waals surface area contributed by atoms with Crippen LogP contribution in [0.5, 0.6) is 28.7 Å². The third-order valence-electron chi connectivity index (χ3n) is 13.1. The van der Waals surface area contributed by atoms with Crippen LogP contribution >= 0.6 is 21.6 Å². The second-order valence-corrected chi connectivity index (χ2v) is 22.1. The lowest BCUT2D eigenvalue weighted by atomic mass is 10.1. The summed E-state index contributed by atoms with van der Waals surface area (Å²) < 4.78 is 58.6. The summed E-state index contributed by atoms with van der Waals surface area (Å²) in [6.07, 6.45) is 12.6. The number of aliphatic imine (C=N–C) groups is 2. The van der Waals surface area contributed by atoms with E-state index >= 15 is 0 Å². The predicted octanol–water partition coefficient (Wildman–Crippen LogP) is 8.16. The van der Waals surface area contributed by atoms with Crippen LogP contribution in [0.1, 0.15) is 85.5 Å². The molecule has 4 aliphatic heterocycles. The van der Waals surface area contributed by atoms with Gasteiger partial charge in [-0.25, -0.2) is 0 Å². The molecular weight excluding hydrogens is 1030 g/mol. The lowest BCUT2D eigenvalue weighted by Gasteiger charge is -2.21. The molecule has 2 saturated heterocycles. The fourth-order valence-electron chi connectivity index (χ4n) is 8.92. The Morgan fingerprint density at radius 2 is 1.10 bits per heavy atom. The van der Waals surface area contributed by atoms with Gasteiger partial charge in [0.1, 0.15) is 25.6 Å². The number of hydrogen-bond acceptors (Lipinski definition) is 18. The standard InChI is InChI=1S/C56H74N6O13S2/c1-8-38-24-42-32-58-47-30-51(49(66-5)28-45(47)54(64)61(42)34-38)74-36-40-26-44(27-41(60-40)37-75-52-31-48-46(29-50(52)67-6)55(65)62-35-39(9-2)25-43(62)33-59-48)73-23-22-72-21-20-71-19-18-70-17-16-69-15-14-68-13-12-57-53(63)10-11-56(3,4)77-76-7/h8-9,26-33,42-43H,10-25,34-37H2,1-7H3,(H,57,63)/b38-8+,39-9+/t42-,43-/m0/s1. The molecule has 418 valence electrons. The number of hydrogen-bond donors (Lipinski definition) is 1. The second-order valence-electron chi connectivity index (χ2n) is 19.0. The number of carbonyl (C=O) groups excluding carboxylic acids is 3. The summed E-state index contributed by atoms with van der Waals surface area (Å²) in [5.74, 6) is 1.89. The van der Waals surface area contributed by atoms with E-state index < -0.39 is 0 Å². The van der Waals surface area contributed by atoms with Gasteiger partial charge in [-0.05, 0) is 65.3 Å². The Balaban J connectivity index is 0.867. The first-order valence-electron chi connectivity index (χ1n) is 26.1. The van der Waals surface area contributed by atoms with Crippen molar-refractivity contribution in [2.24, 2.45) is 9.98 Å². The van der Waals surface area contributed by atoms with E-state index in [9.17, 15) is 14.4 Å². The summed E-state index contributed by atoms with van der Waals surface area (Å²) >= 11 is 0. The fraction of sp³-hybridized carbons (Fsp3) is 0.536. The molecular formula is C56H74N6O13S2. The SMILES string of the molecule is C/C=C1\C[C@H]2C=Nc3cc(OCc4cc(OCCOCCOCCOCCOCCOCCNC(=O)CCC(C)(C)SSC)cc(COc5cc6c(cc5OC)C(=O)N5C/C(=C/C)C[C@H]5C=N6)n4)c(OC)cc3C(=O)N2C1. The molecule has 77 heavy (non-hydrogen) atoms. The zero-order valence-corrected chi connectivity index (χ0v) is 47.1. The number of pyridine rings is 1. The summed E-state index contributed by atoms with van der Waals surface area (Å²) in [5, 5.41) is 2.90. The minimum Gasteiger partial charge on any atom is -0.493 e. The first-order valence-corrected chi connectivity index (χ1v) is 28.7. The van der Waals surface area contributed by atoms with E-state index in [1.54, 1.807) is 58.0 Å². The molecule has 19 nitrogen and oxygen atoms in total. The maximum absolute atomic E-state index is 13.7. The average molecular weight is 1100 g/mol. The van der Waals surface area contributed by atoms with E-state index in [1.807, 2.05) is 42.3 Å². The molecule has 3 aromatic rings. The van der Waals surface area contributed by atoms with Crippen molar-refractivity contribution in [3.8, 4) is 28.7 Å². The lowest BCUT2D eigenvalue weighted by molar-refractivity contribution is -0.121. The molecule has 7 rings (SSSR count). The number of nitrogens with one attached hydrogen (secondary N) is 1. The van der Waals surface area contributed by atoms with Gasteiger partial charge in [-0.1, -0.05) is 44.9 Å². The summed E-state index contributed by atoms with van der Waals surface area (Å²) in [7, 11) is 6.57. The molecule has 2 atom stereocenters. The van der Waals surface area contributed by atoms with Crippen LogP contribution in [0.4, 0.5) is 11.4 Å². The first-order chi connectivity index (χ1) is 37.4. The Bertz CT molecular complexity index is 2480. The number of benzene rings is 2. The Labute approximate surface area is 460 Å². The van der Waals surface area contributed by atoms with Crippen LogP contribution in [-0.2, 0) is 41.7 Å². The number of allylic oxidation sites excluding steroid dienone is 2. The van der Waals surface area contributed by atoms with E-state index in [1.165, 1.54) is 25.4 Å². The van der Waals surface area contributed by atoms with Crippen LogP contribution in [0, 0.1) is 0 Å². The number of nitrogens with zero attached hydrogens (tertiary/aromatic N) is 5. The molecule has 5 heterocycles. The predicted molar refractivity (Wildman–Crippen MR) is 299 cm³/mol. The molecule has 4 aliphatic rings. The number of rotatable bonds is 32. The zero-order valence-electron chi connectivity index (χ0n) is 45.4. The van der Waals surface area contributed by atoms with E-state index in [0.29, 0.717) is 155 Å². The van der Waals surface area contributed by atoms with Crippen molar-refractivity contribution in [2.75, 3.05) is 113 Å². The topological polar surface area (TPSA) is 200 Å². The van der Waals surface area contributed by atoms with Crippen LogP contribution in [0.15, 0.2) is 69.7 Å². The quantitative estimate of drug-likeness (QED) is 0.0356. The number of amides is 3. The molecule has 21 heteroatoms. The minimum atomic E-state index is -0.119. The van der Waals surface area contributed by atoms with Crippen LogP contribution in [0.3, 0.4) is 0 Å². The highest BCUT2D eigenvalue weighted by molar-refractivity contribution is 8.76. The first kappa shape index (κ1) is 59.0. The molecule has 0 spiro atoms. The van der Waals surface area contributed by atoms with Crippen molar-refractivity contribution in [1.82, 2.24) is 20.1 Å². The molecule has 0 aliphatic carbocycles. The van der Waals surface area contributed by atoms with Gasteiger partial charge in [-0.3, -0.25) is 29.4 Å². The van der Waals surface area contributed by atoms with Crippen molar-refractivity contribution in [1.29, 1.82) is 0 Å². The molecule has 0 unspecified atom stereocenters. The zero-order chi connectivity index (χ0) is 54.6. The van der Waals surface area contributed by atoms with Crippen LogP contribution < -0.4 is 29.0 Å². The molecule has 0 saturated carbocycles. The summed E-state index contributed by atoms with van der Waals surface area (Å²) in [4.78, 5) is 57.5. The van der Waals surface area contributed by atoms with Gasteiger partial charge >= 0.3 is 0 Å². The number of methoxy groups -OCH3 is 2. The fourth-order valence-corrected chi connectivity index (χ4v) is 11.2. The monoisotopic (exact) mass is 1100 g/mol. The van der Waals surface area contributed by atoms with E-state index in [0.717, 1.165) is 19.3 Å². The summed E-state index contributed by atoms with van der Waals surface area (Å²) in [6, 6.07) is 10.1. The van der Waals surface area contributed by atoms with E-state index in [2.05, 4.69) is 31.3 Å². The molecule has 3 amide bonds. The maximum atomic E-state index is 13.7. The molecule has 2 fully saturated rings. The van der Waals surface area contributed by atoms with Gasteiger partial charge < -0.3 is 62.5 Å². The van der Waals surface area contributed by atoms with Crippen LogP contribution in [0.2, 0.25) is 0 Å². The van der Waals surface area contributed by atoms with Gasteiger partial charge in [0.15, 0.2) is 23.0 Å². The molecule has 2 aromatic carbocycles. The molecule has 0 radical (unpaired) electrons. The van der Waals surface area contributed by atoms with Gasteiger partial charge in [-0.15, -0.1) is 0 Å². The second kappa shape index (κ2) is 29.9. The number of fused-ring (bicyclic) bond motifs is 4. The molecule has 0 bridgehead atoms. The van der Waals surface area contributed by atoms with Crippen LogP contribution in [0.25, 0.3) is 0 Å². The van der Waals surface area contributed by atoms with Gasteiger partial charge in [-0.2, -0.15) is 0 Å². The third-order valence-corrected chi connectivity index (χ3v) is 15.8. The highest BCUT2D eigenvalue weighted by Gasteiger charge is 2.36. The minimum absolute atomic E-state index is 0.0160. The lowest BCUT2D eigenvalue weighted by Crippen LogP contribution is -2.35. The summed E-state index contributed by atoms with van der Waals surface area (Å²) in [5.41, 5.74) is 5.33. The van der Waals surface area contributed by atoms with Gasteiger partial charge in [0, 0.05) is 67.5 Å². The van der Waals surface area contributed by atoms with E-state index in [4.69, 9.17) is 62.3 Å². The largest absolute Gasteiger partial charge is 0.493 e. The smallest absolute Gasteiger partial charge is 0.257 e. The van der Waals surface area contributed by atoms with Crippen LogP contribution in [-0.4, -0.2) is 175 Å². The van der Waals surface area contributed by atoms with Gasteiger partial charge in [0.25, 0.3) is 11.8 Å².